The van der Waals surface area contributed by atoms with Crippen LogP contribution in [0, 0.1) is 0 Å². The number of aromatic nitrogens is 2. The smallest absolute Gasteiger partial charge is 0.270 e. The fourth-order valence-corrected chi connectivity index (χ4v) is 1.93. The molecule has 0 saturated carbocycles. The van der Waals surface area contributed by atoms with E-state index in [1.54, 1.807) is 4.90 Å². The van der Waals surface area contributed by atoms with Gasteiger partial charge in [-0.1, -0.05) is 0 Å². The molecule has 8 heteroatoms. The van der Waals surface area contributed by atoms with Crippen LogP contribution in [0.2, 0.25) is 0 Å². The van der Waals surface area contributed by atoms with Crippen molar-refractivity contribution in [3.05, 3.63) is 22.6 Å². The van der Waals surface area contributed by atoms with Crippen LogP contribution in [0.3, 0.4) is 0 Å². The summed E-state index contributed by atoms with van der Waals surface area (Å²) in [6.45, 7) is 3.06. The molecular weight excluding hydrogens is 276 g/mol. The molecule has 2 heterocycles. The predicted octanol–water partition coefficient (Wildman–Crippen LogP) is -1.17. The summed E-state index contributed by atoms with van der Waals surface area (Å²) in [4.78, 5) is 25.6. The van der Waals surface area contributed by atoms with Gasteiger partial charge in [-0.15, -0.1) is 0 Å². The number of amides is 1. The van der Waals surface area contributed by atoms with Crippen LogP contribution in [0.15, 0.2) is 17.1 Å². The van der Waals surface area contributed by atoms with Crippen molar-refractivity contribution < 1.29 is 14.3 Å². The van der Waals surface area contributed by atoms with Gasteiger partial charge in [-0.3, -0.25) is 9.59 Å². The number of hydrogen-bond acceptors (Lipinski definition) is 6. The molecule has 1 aliphatic heterocycles. The van der Waals surface area contributed by atoms with Gasteiger partial charge in [0.1, 0.15) is 12.3 Å². The zero-order valence-corrected chi connectivity index (χ0v) is 11.9. The average molecular weight is 296 g/mol. The summed E-state index contributed by atoms with van der Waals surface area (Å²) in [5.74, 6) is 0.258. The van der Waals surface area contributed by atoms with Crippen molar-refractivity contribution in [3.63, 3.8) is 0 Å². The van der Waals surface area contributed by atoms with Crippen LogP contribution in [-0.4, -0.2) is 60.0 Å². The maximum atomic E-state index is 12.0. The molecule has 0 unspecified atom stereocenters. The van der Waals surface area contributed by atoms with Gasteiger partial charge in [0, 0.05) is 19.2 Å². The van der Waals surface area contributed by atoms with Crippen LogP contribution in [0.25, 0.3) is 0 Å². The van der Waals surface area contributed by atoms with Crippen molar-refractivity contribution in [2.75, 3.05) is 39.5 Å². The van der Waals surface area contributed by atoms with Crippen molar-refractivity contribution in [2.45, 2.75) is 13.0 Å². The van der Waals surface area contributed by atoms with E-state index in [0.717, 1.165) is 4.68 Å². The molecule has 0 bridgehead atoms. The van der Waals surface area contributed by atoms with Crippen LogP contribution >= 0.6 is 0 Å². The Labute approximate surface area is 122 Å². The van der Waals surface area contributed by atoms with Gasteiger partial charge in [0.2, 0.25) is 5.91 Å². The van der Waals surface area contributed by atoms with Crippen molar-refractivity contribution in [1.29, 1.82) is 0 Å². The van der Waals surface area contributed by atoms with Crippen molar-refractivity contribution in [3.8, 4) is 5.75 Å². The summed E-state index contributed by atoms with van der Waals surface area (Å²) in [5.41, 5.74) is 5.00. The first-order valence-electron chi connectivity index (χ1n) is 6.96. The molecule has 1 amide bonds. The zero-order chi connectivity index (χ0) is 15.1. The molecular formula is C13H20N4O4. The minimum atomic E-state index is -0.359. The summed E-state index contributed by atoms with van der Waals surface area (Å²) >= 11 is 0. The minimum absolute atomic E-state index is 0.0675. The number of carbonyl (C=O) groups is 1. The molecule has 2 rings (SSSR count). The summed E-state index contributed by atoms with van der Waals surface area (Å²) < 4.78 is 11.7. The molecule has 1 aliphatic rings. The number of rotatable bonds is 6. The molecule has 0 aliphatic carbocycles. The number of morpholine rings is 1. The average Bonchev–Trinajstić information content (AvgIpc) is 2.51. The fourth-order valence-electron chi connectivity index (χ4n) is 1.93. The molecule has 1 fully saturated rings. The molecule has 116 valence electrons. The third-order valence-corrected chi connectivity index (χ3v) is 3.11. The maximum Gasteiger partial charge on any atom is 0.270 e. The lowest BCUT2D eigenvalue weighted by atomic mass is 10.4. The highest BCUT2D eigenvalue weighted by Crippen LogP contribution is 2.04. The summed E-state index contributed by atoms with van der Waals surface area (Å²) in [6.07, 6.45) is 2.14. The lowest BCUT2D eigenvalue weighted by molar-refractivity contribution is -0.136. The molecule has 0 radical (unpaired) electrons. The van der Waals surface area contributed by atoms with Crippen LogP contribution in [0.1, 0.15) is 6.42 Å². The highest BCUT2D eigenvalue weighted by atomic mass is 16.5. The van der Waals surface area contributed by atoms with E-state index in [9.17, 15) is 9.59 Å². The third kappa shape index (κ3) is 4.54. The van der Waals surface area contributed by atoms with Crippen molar-refractivity contribution in [2.24, 2.45) is 5.73 Å². The maximum absolute atomic E-state index is 12.0. The Morgan fingerprint density at radius 1 is 1.43 bits per heavy atom. The van der Waals surface area contributed by atoms with Gasteiger partial charge in [0.05, 0.1) is 26.0 Å². The van der Waals surface area contributed by atoms with E-state index in [0.29, 0.717) is 51.6 Å². The Kier molecular flexibility index (Phi) is 5.70. The van der Waals surface area contributed by atoms with Gasteiger partial charge < -0.3 is 20.1 Å². The lowest BCUT2D eigenvalue weighted by Crippen LogP contribution is -2.43. The SMILES string of the molecule is NCCCOc1cnn(CC(=O)N2CCOCC2)c(=O)c1. The van der Waals surface area contributed by atoms with Gasteiger partial charge in [0.15, 0.2) is 0 Å². The largest absolute Gasteiger partial charge is 0.492 e. The second-order valence-corrected chi connectivity index (χ2v) is 4.67. The van der Waals surface area contributed by atoms with E-state index in [2.05, 4.69) is 5.10 Å². The molecule has 1 aromatic rings. The Bertz CT molecular complexity index is 525. The standard InChI is InChI=1S/C13H20N4O4/c14-2-1-5-21-11-8-12(18)17(15-9-11)10-13(19)16-3-6-20-7-4-16/h8-9H,1-7,10,14H2. The molecule has 2 N–H and O–H groups in total. The summed E-state index contributed by atoms with van der Waals surface area (Å²) in [6, 6.07) is 1.33. The topological polar surface area (TPSA) is 99.7 Å². The van der Waals surface area contributed by atoms with Crippen LogP contribution in [0.5, 0.6) is 5.75 Å². The number of carbonyl (C=O) groups excluding carboxylic acids is 1. The minimum Gasteiger partial charge on any atom is -0.492 e. The second kappa shape index (κ2) is 7.75. The normalized spacial score (nSPS) is 15.0. The number of hydrogen-bond donors (Lipinski definition) is 1. The molecule has 8 nitrogen and oxygen atoms in total. The van der Waals surface area contributed by atoms with Crippen molar-refractivity contribution in [1.82, 2.24) is 14.7 Å². The van der Waals surface area contributed by atoms with Crippen LogP contribution in [-0.2, 0) is 16.1 Å². The highest BCUT2D eigenvalue weighted by Gasteiger charge is 2.17. The van der Waals surface area contributed by atoms with E-state index in [-0.39, 0.29) is 18.0 Å². The molecule has 0 aromatic carbocycles. The lowest BCUT2D eigenvalue weighted by Gasteiger charge is -2.26. The number of nitrogens with zero attached hydrogens (tertiary/aromatic N) is 3. The van der Waals surface area contributed by atoms with Gasteiger partial charge in [-0.05, 0) is 13.0 Å². The quantitative estimate of drug-likeness (QED) is 0.664. The second-order valence-electron chi connectivity index (χ2n) is 4.67. The fraction of sp³-hybridized carbons (Fsp3) is 0.615. The summed E-state index contributed by atoms with van der Waals surface area (Å²) in [5, 5.41) is 3.96. The highest BCUT2D eigenvalue weighted by molar-refractivity contribution is 5.75. The van der Waals surface area contributed by atoms with E-state index in [4.69, 9.17) is 15.2 Å². The Hall–Kier alpha value is -1.93. The number of ether oxygens (including phenoxy) is 2. The molecule has 1 aromatic heterocycles. The van der Waals surface area contributed by atoms with Crippen LogP contribution < -0.4 is 16.0 Å². The van der Waals surface area contributed by atoms with E-state index in [1.165, 1.54) is 12.3 Å². The predicted molar refractivity (Wildman–Crippen MR) is 75.1 cm³/mol. The summed E-state index contributed by atoms with van der Waals surface area (Å²) in [7, 11) is 0. The van der Waals surface area contributed by atoms with Gasteiger partial charge >= 0.3 is 0 Å². The molecule has 1 saturated heterocycles. The van der Waals surface area contributed by atoms with E-state index >= 15 is 0 Å². The Morgan fingerprint density at radius 3 is 2.86 bits per heavy atom. The van der Waals surface area contributed by atoms with Gasteiger partial charge in [0.25, 0.3) is 5.56 Å². The first-order valence-corrected chi connectivity index (χ1v) is 6.96. The monoisotopic (exact) mass is 296 g/mol. The first kappa shape index (κ1) is 15.5. The molecule has 0 atom stereocenters. The molecule has 0 spiro atoms. The Balaban J connectivity index is 1.93. The van der Waals surface area contributed by atoms with Crippen LogP contribution in [0.4, 0.5) is 0 Å². The van der Waals surface area contributed by atoms with Gasteiger partial charge in [-0.2, -0.15) is 5.10 Å². The van der Waals surface area contributed by atoms with E-state index in [1.807, 2.05) is 0 Å². The van der Waals surface area contributed by atoms with E-state index < -0.39 is 0 Å². The first-order chi connectivity index (χ1) is 10.2. The number of nitrogens with two attached hydrogens (primary N) is 1. The van der Waals surface area contributed by atoms with Crippen molar-refractivity contribution >= 4 is 5.91 Å². The third-order valence-electron chi connectivity index (χ3n) is 3.11. The zero-order valence-electron chi connectivity index (χ0n) is 11.9. The van der Waals surface area contributed by atoms with Gasteiger partial charge in [-0.25, -0.2) is 4.68 Å². The molecule has 21 heavy (non-hydrogen) atoms. The Morgan fingerprint density at radius 2 is 2.19 bits per heavy atom.